The zero-order valence-corrected chi connectivity index (χ0v) is 17.5. The first-order valence-electron chi connectivity index (χ1n) is 10.6. The average molecular weight is 402 g/mol. The van der Waals surface area contributed by atoms with Gasteiger partial charge in [0.1, 0.15) is 5.82 Å². The molecule has 154 valence electrons. The number of amides is 1. The Labute approximate surface area is 176 Å². The van der Waals surface area contributed by atoms with E-state index < -0.39 is 0 Å². The molecule has 6 heteroatoms. The van der Waals surface area contributed by atoms with Crippen LogP contribution in [0.1, 0.15) is 33.1 Å². The normalized spacial score (nSPS) is 20.6. The third kappa shape index (κ3) is 3.75. The van der Waals surface area contributed by atoms with E-state index in [0.717, 1.165) is 44.1 Å². The summed E-state index contributed by atoms with van der Waals surface area (Å²) in [6.45, 7) is 8.25. The van der Waals surface area contributed by atoms with Gasteiger partial charge in [-0.1, -0.05) is 47.5 Å². The maximum absolute atomic E-state index is 12.8. The maximum atomic E-state index is 12.8. The van der Waals surface area contributed by atoms with Crippen molar-refractivity contribution in [3.8, 4) is 0 Å². The first-order chi connectivity index (χ1) is 14.5. The molecule has 1 amide bonds. The van der Waals surface area contributed by atoms with Gasteiger partial charge >= 0.3 is 0 Å². The van der Waals surface area contributed by atoms with Crippen LogP contribution >= 0.6 is 0 Å². The molecular formula is C24H27N5O. The number of carbonyl (C=O) groups is 1. The predicted octanol–water partition coefficient (Wildman–Crippen LogP) is 3.45. The van der Waals surface area contributed by atoms with E-state index >= 15 is 0 Å². The number of likely N-dealkylation sites (tertiary alicyclic amines) is 1. The predicted molar refractivity (Wildman–Crippen MR) is 116 cm³/mol. The van der Waals surface area contributed by atoms with Gasteiger partial charge in [-0.25, -0.2) is 0 Å². The molecule has 1 fully saturated rings. The lowest BCUT2D eigenvalue weighted by atomic mass is 9.89. The van der Waals surface area contributed by atoms with Gasteiger partial charge < -0.3 is 9.88 Å². The Kier molecular flexibility index (Phi) is 4.87. The molecule has 0 bridgehead atoms. The smallest absolute Gasteiger partial charge is 0.293 e. The summed E-state index contributed by atoms with van der Waals surface area (Å²) in [6, 6.07) is 16.3. The molecule has 5 rings (SSSR count). The molecule has 0 aliphatic carbocycles. The Bertz CT molecular complexity index is 1050. The Balaban J connectivity index is 1.28. The van der Waals surface area contributed by atoms with Gasteiger partial charge in [-0.2, -0.15) is 0 Å². The van der Waals surface area contributed by atoms with E-state index in [1.807, 2.05) is 34.9 Å². The Hall–Kier alpha value is -2.99. The highest BCUT2D eigenvalue weighted by Gasteiger charge is 2.39. The van der Waals surface area contributed by atoms with Crippen molar-refractivity contribution in [3.63, 3.8) is 0 Å². The number of para-hydroxylation sites is 1. The van der Waals surface area contributed by atoms with Gasteiger partial charge in [0.2, 0.25) is 5.82 Å². The second kappa shape index (κ2) is 7.69. The first kappa shape index (κ1) is 19.0. The highest BCUT2D eigenvalue weighted by Crippen LogP contribution is 2.33. The monoisotopic (exact) mass is 401 g/mol. The molecule has 3 aromatic rings. The average Bonchev–Trinajstić information content (AvgIpc) is 3.28. The largest absolute Gasteiger partial charge is 0.319 e. The number of nitrogens with one attached hydrogen (secondary N) is 1. The van der Waals surface area contributed by atoms with Crippen molar-refractivity contribution in [1.82, 2.24) is 19.7 Å². The van der Waals surface area contributed by atoms with Gasteiger partial charge in [0.25, 0.3) is 5.91 Å². The van der Waals surface area contributed by atoms with Gasteiger partial charge in [-0.15, -0.1) is 10.2 Å². The van der Waals surface area contributed by atoms with Crippen LogP contribution in [0.3, 0.4) is 0 Å². The molecule has 0 unspecified atom stereocenters. The van der Waals surface area contributed by atoms with Crippen LogP contribution in [0.5, 0.6) is 0 Å². The molecular weight excluding hydrogens is 374 g/mol. The van der Waals surface area contributed by atoms with Crippen molar-refractivity contribution < 1.29 is 4.79 Å². The molecule has 0 spiro atoms. The minimum atomic E-state index is -0.191. The molecule has 1 saturated heterocycles. The standard InChI is InChI=1S/C24H27N5O/c1-16-8-17(2)10-18(9-16)12-28-13-19-11-22-26-27-23(29(22)15-20(19)14-28)24(30)25-21-6-4-3-5-7-21/h3-10,19-20H,11-15H2,1-2H3,(H,25,30)/t19-,20+/m1/s1. The summed E-state index contributed by atoms with van der Waals surface area (Å²) in [6.07, 6.45) is 0.889. The lowest BCUT2D eigenvalue weighted by molar-refractivity contribution is 0.100. The van der Waals surface area contributed by atoms with Crippen molar-refractivity contribution in [2.24, 2.45) is 11.8 Å². The second-order valence-electron chi connectivity index (χ2n) is 8.78. The number of benzene rings is 2. The maximum Gasteiger partial charge on any atom is 0.293 e. The number of anilines is 1. The van der Waals surface area contributed by atoms with Gasteiger partial charge in [-0.3, -0.25) is 9.69 Å². The minimum absolute atomic E-state index is 0.191. The van der Waals surface area contributed by atoms with Gasteiger partial charge in [0.15, 0.2) is 0 Å². The van der Waals surface area contributed by atoms with Gasteiger partial charge in [-0.05, 0) is 43.4 Å². The van der Waals surface area contributed by atoms with E-state index in [0.29, 0.717) is 17.7 Å². The number of aryl methyl sites for hydroxylation is 2. The SMILES string of the molecule is Cc1cc(C)cc(CN2C[C@H]3Cc4nnc(C(=O)Nc5ccccc5)n4C[C@@H]3C2)c1. The Morgan fingerprint density at radius 3 is 2.50 bits per heavy atom. The third-order valence-corrected chi connectivity index (χ3v) is 6.26. The van der Waals surface area contributed by atoms with E-state index in [-0.39, 0.29) is 5.91 Å². The molecule has 2 aliphatic rings. The summed E-state index contributed by atoms with van der Waals surface area (Å²) in [7, 11) is 0. The fourth-order valence-electron chi connectivity index (χ4n) is 5.05. The lowest BCUT2D eigenvalue weighted by Gasteiger charge is -2.25. The van der Waals surface area contributed by atoms with Crippen LogP contribution in [-0.4, -0.2) is 38.7 Å². The van der Waals surface area contributed by atoms with E-state index in [9.17, 15) is 4.79 Å². The van der Waals surface area contributed by atoms with Gasteiger partial charge in [0, 0.05) is 38.3 Å². The molecule has 2 aliphatic heterocycles. The fraction of sp³-hybridized carbons (Fsp3) is 0.375. The van der Waals surface area contributed by atoms with Crippen LogP contribution in [0.25, 0.3) is 0 Å². The molecule has 1 N–H and O–H groups in total. The third-order valence-electron chi connectivity index (χ3n) is 6.26. The summed E-state index contributed by atoms with van der Waals surface area (Å²) in [5.74, 6) is 2.27. The quantitative estimate of drug-likeness (QED) is 0.727. The lowest BCUT2D eigenvalue weighted by Crippen LogP contribution is -2.31. The molecule has 2 atom stereocenters. The van der Waals surface area contributed by atoms with Crippen molar-refractivity contribution >= 4 is 11.6 Å². The molecule has 0 radical (unpaired) electrons. The van der Waals surface area contributed by atoms with E-state index in [1.54, 1.807) is 0 Å². The molecule has 6 nitrogen and oxygen atoms in total. The molecule has 30 heavy (non-hydrogen) atoms. The van der Waals surface area contributed by atoms with Crippen molar-refractivity contribution in [3.05, 3.63) is 76.9 Å². The number of nitrogens with zero attached hydrogens (tertiary/aromatic N) is 4. The molecule has 2 aromatic carbocycles. The zero-order valence-electron chi connectivity index (χ0n) is 17.5. The van der Waals surface area contributed by atoms with Crippen LogP contribution in [-0.2, 0) is 19.5 Å². The first-order valence-corrected chi connectivity index (χ1v) is 10.6. The molecule has 0 saturated carbocycles. The van der Waals surface area contributed by atoms with E-state index in [1.165, 1.54) is 16.7 Å². The van der Waals surface area contributed by atoms with Crippen LogP contribution in [0.15, 0.2) is 48.5 Å². The van der Waals surface area contributed by atoms with Crippen molar-refractivity contribution in [2.45, 2.75) is 33.4 Å². The molecule has 3 heterocycles. The van der Waals surface area contributed by atoms with Gasteiger partial charge in [0.05, 0.1) is 0 Å². The highest BCUT2D eigenvalue weighted by molar-refractivity contribution is 6.01. The zero-order chi connectivity index (χ0) is 20.7. The number of rotatable bonds is 4. The summed E-state index contributed by atoms with van der Waals surface area (Å²) in [5.41, 5.74) is 4.80. The number of hydrogen-bond acceptors (Lipinski definition) is 4. The van der Waals surface area contributed by atoms with E-state index in [2.05, 4.69) is 52.5 Å². The van der Waals surface area contributed by atoms with E-state index in [4.69, 9.17) is 0 Å². The van der Waals surface area contributed by atoms with Crippen molar-refractivity contribution in [2.75, 3.05) is 18.4 Å². The summed E-state index contributed by atoms with van der Waals surface area (Å²) in [5, 5.41) is 11.5. The Morgan fingerprint density at radius 2 is 1.73 bits per heavy atom. The number of carbonyl (C=O) groups excluding carboxylic acids is 1. The van der Waals surface area contributed by atoms with Crippen LogP contribution in [0.2, 0.25) is 0 Å². The minimum Gasteiger partial charge on any atom is -0.319 e. The number of aromatic nitrogens is 3. The van der Waals surface area contributed by atoms with Crippen molar-refractivity contribution in [1.29, 1.82) is 0 Å². The van der Waals surface area contributed by atoms with Crippen LogP contribution in [0.4, 0.5) is 5.69 Å². The number of fused-ring (bicyclic) bond motifs is 2. The highest BCUT2D eigenvalue weighted by atomic mass is 16.2. The summed E-state index contributed by atoms with van der Waals surface area (Å²) >= 11 is 0. The van der Waals surface area contributed by atoms with Crippen LogP contribution in [0, 0.1) is 25.7 Å². The second-order valence-corrected chi connectivity index (χ2v) is 8.78. The Morgan fingerprint density at radius 1 is 1.00 bits per heavy atom. The summed E-state index contributed by atoms with van der Waals surface area (Å²) in [4.78, 5) is 15.3. The van der Waals surface area contributed by atoms with Crippen LogP contribution < -0.4 is 5.32 Å². The topological polar surface area (TPSA) is 63.1 Å². The fourth-order valence-corrected chi connectivity index (χ4v) is 5.05. The summed E-state index contributed by atoms with van der Waals surface area (Å²) < 4.78 is 2.03. The molecule has 1 aromatic heterocycles. The number of hydrogen-bond donors (Lipinski definition) is 1.